The van der Waals surface area contributed by atoms with Gasteiger partial charge in [-0.25, -0.2) is 0 Å². The molecule has 10 rings (SSSR count). The fourth-order valence-corrected chi connectivity index (χ4v) is 9.32. The number of nitrogens with zero attached hydrogens (tertiary/aromatic N) is 3. The smallest absolute Gasteiger partial charge is 0.309 e. The van der Waals surface area contributed by atoms with E-state index >= 15 is 13.2 Å². The van der Waals surface area contributed by atoms with Gasteiger partial charge < -0.3 is 9.13 Å². The number of nitriles is 1. The van der Waals surface area contributed by atoms with Gasteiger partial charge in [-0.15, -0.1) is 0 Å². The van der Waals surface area contributed by atoms with E-state index in [0.29, 0.717) is 38.8 Å². The highest BCUT2D eigenvalue weighted by Crippen LogP contribution is 2.48. The van der Waals surface area contributed by atoms with E-state index in [2.05, 4.69) is 75.4 Å². The first-order valence-electron chi connectivity index (χ1n) is 20.0. The van der Waals surface area contributed by atoms with E-state index in [1.807, 2.05) is 79.7 Å². The van der Waals surface area contributed by atoms with Crippen LogP contribution in [0.3, 0.4) is 0 Å². The van der Waals surface area contributed by atoms with Crippen LogP contribution in [-0.2, 0) is 6.18 Å². The molecule has 0 fully saturated rings. The third kappa shape index (κ3) is 5.88. The van der Waals surface area contributed by atoms with Crippen molar-refractivity contribution in [3.8, 4) is 50.8 Å². The molecule has 0 saturated carbocycles. The molecule has 0 N–H and O–H groups in total. The lowest BCUT2D eigenvalue weighted by Crippen LogP contribution is -2.17. The summed E-state index contributed by atoms with van der Waals surface area (Å²) in [4.78, 5) is 0. The first kappa shape index (κ1) is 36.9. The van der Waals surface area contributed by atoms with Crippen LogP contribution in [-0.4, -0.2) is 9.13 Å². The summed E-state index contributed by atoms with van der Waals surface area (Å²) in [6.07, 6.45) is -4.83. The average Bonchev–Trinajstić information content (AvgIpc) is 3.74. The zero-order valence-electron chi connectivity index (χ0n) is 33.5. The van der Waals surface area contributed by atoms with Crippen molar-refractivity contribution in [2.45, 2.75) is 33.9 Å². The number of aromatic nitrogens is 2. The Morgan fingerprint density at radius 1 is 0.450 bits per heavy atom. The first-order chi connectivity index (χ1) is 29.0. The minimum absolute atomic E-state index is 0.00414. The van der Waals surface area contributed by atoms with Gasteiger partial charge in [-0.1, -0.05) is 126 Å². The van der Waals surface area contributed by atoms with Gasteiger partial charge in [0.15, 0.2) is 0 Å². The van der Waals surface area contributed by atoms with Crippen molar-refractivity contribution in [3.05, 3.63) is 191 Å². The van der Waals surface area contributed by atoms with Gasteiger partial charge in [0.1, 0.15) is 5.56 Å². The van der Waals surface area contributed by atoms with E-state index in [1.54, 1.807) is 45.5 Å². The maximum absolute atomic E-state index is 16.7. The van der Waals surface area contributed by atoms with Crippen molar-refractivity contribution in [1.82, 2.24) is 9.13 Å². The molecule has 6 heteroatoms. The number of halogens is 3. The minimum Gasteiger partial charge on any atom is -0.309 e. The highest BCUT2D eigenvalue weighted by atomic mass is 19.4. The summed E-state index contributed by atoms with van der Waals surface area (Å²) in [6, 6.07) is 52.5. The quantitative estimate of drug-likeness (QED) is 0.171. The van der Waals surface area contributed by atoms with E-state index in [-0.39, 0.29) is 11.4 Å². The van der Waals surface area contributed by atoms with Crippen LogP contribution in [0.25, 0.3) is 88.4 Å². The van der Waals surface area contributed by atoms with Gasteiger partial charge in [0.2, 0.25) is 0 Å². The van der Waals surface area contributed by atoms with Crippen LogP contribution >= 0.6 is 0 Å². The molecule has 0 radical (unpaired) electrons. The molecule has 3 nitrogen and oxygen atoms in total. The summed E-state index contributed by atoms with van der Waals surface area (Å²) in [7, 11) is 0. The molecule has 0 atom stereocenters. The van der Waals surface area contributed by atoms with Crippen LogP contribution < -0.4 is 0 Å². The highest BCUT2D eigenvalue weighted by molar-refractivity contribution is 6.12. The molecule has 0 unspecified atom stereocenters. The second-order valence-corrected chi connectivity index (χ2v) is 15.9. The Bertz CT molecular complexity index is 3430. The van der Waals surface area contributed by atoms with Crippen molar-refractivity contribution in [2.24, 2.45) is 0 Å². The zero-order chi connectivity index (χ0) is 41.4. The van der Waals surface area contributed by atoms with Crippen LogP contribution in [0.15, 0.2) is 158 Å². The van der Waals surface area contributed by atoms with E-state index in [9.17, 15) is 5.26 Å². The van der Waals surface area contributed by atoms with Crippen LogP contribution in [0.1, 0.15) is 33.4 Å². The maximum atomic E-state index is 16.7. The number of fused-ring (bicyclic) bond motifs is 6. The lowest BCUT2D eigenvalue weighted by molar-refractivity contribution is -0.137. The molecule has 290 valence electrons. The van der Waals surface area contributed by atoms with E-state index in [0.717, 1.165) is 66.1 Å². The molecule has 0 saturated heterocycles. The van der Waals surface area contributed by atoms with Crippen molar-refractivity contribution in [1.29, 1.82) is 5.26 Å². The normalized spacial score (nSPS) is 11.9. The second-order valence-electron chi connectivity index (χ2n) is 15.9. The Kier molecular flexibility index (Phi) is 8.55. The second kappa shape index (κ2) is 13.9. The molecular formula is C54H38F3N3. The van der Waals surface area contributed by atoms with E-state index in [1.165, 1.54) is 0 Å². The number of aryl methyl sites for hydroxylation is 4. The van der Waals surface area contributed by atoms with Crippen molar-refractivity contribution >= 4 is 43.6 Å². The maximum Gasteiger partial charge on any atom is 0.420 e. The summed E-state index contributed by atoms with van der Waals surface area (Å²) in [6.45, 7) is 8.22. The number of benzene rings is 8. The summed E-state index contributed by atoms with van der Waals surface area (Å²) < 4.78 is 53.8. The van der Waals surface area contributed by atoms with Crippen molar-refractivity contribution in [2.75, 3.05) is 0 Å². The van der Waals surface area contributed by atoms with Gasteiger partial charge in [-0.3, -0.25) is 0 Å². The SMILES string of the molecule is Cc1ccc(-c2ccc3c4ccccc4n(-c4ccc(-c5cccc(C#N)c5)c(-n5c6ccccc6c6ccc(-c7ccc(C)cc7C)cc65)c4C(F)(F)F)c3c2)c(C)c1. The Hall–Kier alpha value is -7.36. The number of rotatable bonds is 5. The van der Waals surface area contributed by atoms with Crippen LogP contribution in [0, 0.1) is 39.0 Å². The summed E-state index contributed by atoms with van der Waals surface area (Å²) in [5, 5.41) is 13.4. The lowest BCUT2D eigenvalue weighted by atomic mass is 9.95. The van der Waals surface area contributed by atoms with Gasteiger partial charge in [-0.2, -0.15) is 18.4 Å². The molecule has 60 heavy (non-hydrogen) atoms. The predicted molar refractivity (Wildman–Crippen MR) is 240 cm³/mol. The third-order valence-electron chi connectivity index (χ3n) is 11.9. The summed E-state index contributed by atoms with van der Waals surface area (Å²) >= 11 is 0. The molecule has 0 amide bonds. The molecule has 0 spiro atoms. The zero-order valence-corrected chi connectivity index (χ0v) is 33.5. The standard InChI is InChI=1S/C54H38F3N3/c1-32-16-20-40(34(3)26-32)38-18-22-45-43-12-5-7-14-47(43)59(50(45)29-38)49-25-24-42(37-11-9-10-36(28-37)31-58)53(52(49)54(55,56)57)60-48-15-8-6-13-44(48)46-23-19-39(30-51(46)60)41-21-17-33(2)27-35(41)4/h5-30H,1-4H3. The Balaban J connectivity index is 1.37. The molecule has 0 aliphatic rings. The average molecular weight is 786 g/mol. The Morgan fingerprint density at radius 2 is 0.950 bits per heavy atom. The van der Waals surface area contributed by atoms with Gasteiger partial charge in [0.05, 0.1) is 45.1 Å². The molecule has 8 aromatic carbocycles. The van der Waals surface area contributed by atoms with Gasteiger partial charge >= 0.3 is 6.18 Å². The topological polar surface area (TPSA) is 33.6 Å². The summed E-state index contributed by atoms with van der Waals surface area (Å²) in [5.41, 5.74) is 11.4. The lowest BCUT2D eigenvalue weighted by Gasteiger charge is -2.24. The molecule has 2 aromatic heterocycles. The van der Waals surface area contributed by atoms with Crippen molar-refractivity contribution < 1.29 is 13.2 Å². The number of alkyl halides is 3. The van der Waals surface area contributed by atoms with Crippen LogP contribution in [0.2, 0.25) is 0 Å². The molecular weight excluding hydrogens is 748 g/mol. The molecule has 0 bridgehead atoms. The van der Waals surface area contributed by atoms with Gasteiger partial charge in [0, 0.05) is 27.1 Å². The van der Waals surface area contributed by atoms with Gasteiger partial charge in [0.25, 0.3) is 0 Å². The van der Waals surface area contributed by atoms with Gasteiger partial charge in [-0.05, 0) is 109 Å². The Morgan fingerprint density at radius 3 is 1.50 bits per heavy atom. The molecule has 0 aliphatic carbocycles. The number of para-hydroxylation sites is 2. The van der Waals surface area contributed by atoms with E-state index in [4.69, 9.17) is 0 Å². The molecule has 2 heterocycles. The largest absolute Gasteiger partial charge is 0.420 e. The first-order valence-corrected chi connectivity index (χ1v) is 20.0. The molecule has 10 aromatic rings. The monoisotopic (exact) mass is 785 g/mol. The fraction of sp³-hybridized carbons (Fsp3) is 0.0926. The third-order valence-corrected chi connectivity index (χ3v) is 11.9. The number of hydrogen-bond acceptors (Lipinski definition) is 1. The molecule has 0 aliphatic heterocycles. The Labute approximate surface area is 345 Å². The predicted octanol–water partition coefficient (Wildman–Crippen LogP) is 15.0. The summed E-state index contributed by atoms with van der Waals surface area (Å²) in [5.74, 6) is 0. The van der Waals surface area contributed by atoms with Crippen LogP contribution in [0.5, 0.6) is 0 Å². The fourth-order valence-electron chi connectivity index (χ4n) is 9.32. The minimum atomic E-state index is -4.83. The van der Waals surface area contributed by atoms with Crippen molar-refractivity contribution in [3.63, 3.8) is 0 Å². The van der Waals surface area contributed by atoms with E-state index < -0.39 is 11.7 Å². The number of hydrogen-bond donors (Lipinski definition) is 0. The highest BCUT2D eigenvalue weighted by Gasteiger charge is 2.40. The van der Waals surface area contributed by atoms with Crippen LogP contribution in [0.4, 0.5) is 13.2 Å².